The van der Waals surface area contributed by atoms with Crippen molar-refractivity contribution >= 4 is 12.0 Å². The number of aryl methyl sites for hydroxylation is 1. The monoisotopic (exact) mass is 385 g/mol. The lowest BCUT2D eigenvalue weighted by atomic mass is 10.2. The Kier molecular flexibility index (Phi) is 5.40. The van der Waals surface area contributed by atoms with Crippen LogP contribution in [0.4, 0.5) is 4.79 Å². The van der Waals surface area contributed by atoms with E-state index in [2.05, 4.69) is 10.1 Å². The predicted octanol–water partition coefficient (Wildman–Crippen LogP) is 2.66. The van der Waals surface area contributed by atoms with E-state index < -0.39 is 5.60 Å². The van der Waals surface area contributed by atoms with E-state index >= 15 is 0 Å². The molecule has 1 atom stereocenters. The van der Waals surface area contributed by atoms with Crippen LogP contribution in [-0.4, -0.2) is 67.8 Å². The molecule has 2 aromatic rings. The van der Waals surface area contributed by atoms with E-state index in [-0.39, 0.29) is 23.9 Å². The predicted molar refractivity (Wildman–Crippen MR) is 104 cm³/mol. The van der Waals surface area contributed by atoms with Crippen LogP contribution in [0.25, 0.3) is 5.69 Å². The Morgan fingerprint density at radius 2 is 1.96 bits per heavy atom. The number of amides is 2. The Bertz CT molecular complexity index is 871. The van der Waals surface area contributed by atoms with Crippen molar-refractivity contribution in [1.82, 2.24) is 24.6 Å². The highest BCUT2D eigenvalue weighted by Crippen LogP contribution is 2.17. The number of nitrogens with zero attached hydrogens (tertiary/aromatic N) is 5. The van der Waals surface area contributed by atoms with Gasteiger partial charge in [0.15, 0.2) is 0 Å². The molecule has 2 amide bonds. The van der Waals surface area contributed by atoms with Crippen LogP contribution in [0.1, 0.15) is 43.9 Å². The van der Waals surface area contributed by atoms with Gasteiger partial charge in [-0.05, 0) is 52.3 Å². The molecule has 0 N–H and O–H groups in total. The van der Waals surface area contributed by atoms with Crippen LogP contribution >= 0.6 is 0 Å². The molecule has 1 aliphatic heterocycles. The van der Waals surface area contributed by atoms with Crippen molar-refractivity contribution in [2.45, 2.75) is 46.3 Å². The molecule has 0 spiro atoms. The Labute approximate surface area is 165 Å². The summed E-state index contributed by atoms with van der Waals surface area (Å²) in [6, 6.07) is 7.68. The molecule has 8 nitrogen and oxygen atoms in total. The highest BCUT2D eigenvalue weighted by molar-refractivity contribution is 5.90. The molecule has 1 aromatic heterocycles. The van der Waals surface area contributed by atoms with Crippen molar-refractivity contribution in [2.24, 2.45) is 0 Å². The van der Waals surface area contributed by atoms with Crippen LogP contribution in [-0.2, 0) is 4.74 Å². The van der Waals surface area contributed by atoms with Gasteiger partial charge in [0.2, 0.25) is 5.82 Å². The van der Waals surface area contributed by atoms with Gasteiger partial charge in [0.1, 0.15) is 11.9 Å². The maximum absolute atomic E-state index is 12.8. The number of carbonyl (C=O) groups is 2. The molecular formula is C20H27N5O3. The summed E-state index contributed by atoms with van der Waals surface area (Å²) in [5, 5.41) is 4.33. The lowest BCUT2D eigenvalue weighted by Crippen LogP contribution is -2.56. The van der Waals surface area contributed by atoms with E-state index in [0.29, 0.717) is 19.6 Å². The number of hydrogen-bond donors (Lipinski definition) is 0. The highest BCUT2D eigenvalue weighted by atomic mass is 16.6. The third-order valence-electron chi connectivity index (χ3n) is 4.49. The Morgan fingerprint density at radius 3 is 2.61 bits per heavy atom. The molecule has 0 saturated carbocycles. The second kappa shape index (κ2) is 7.61. The second-order valence-electron chi connectivity index (χ2n) is 8.13. The molecule has 1 saturated heterocycles. The summed E-state index contributed by atoms with van der Waals surface area (Å²) in [7, 11) is 0. The highest BCUT2D eigenvalue weighted by Gasteiger charge is 2.33. The summed E-state index contributed by atoms with van der Waals surface area (Å²) < 4.78 is 7.04. The van der Waals surface area contributed by atoms with Gasteiger partial charge < -0.3 is 14.5 Å². The summed E-state index contributed by atoms with van der Waals surface area (Å²) in [5.74, 6) is -0.0819. The summed E-state index contributed by atoms with van der Waals surface area (Å²) in [5.41, 5.74) is 1.42. The quantitative estimate of drug-likeness (QED) is 0.794. The molecule has 3 rings (SSSR count). The lowest BCUT2D eigenvalue weighted by molar-refractivity contribution is 0.00181. The van der Waals surface area contributed by atoms with Crippen LogP contribution in [0, 0.1) is 6.92 Å². The first-order valence-corrected chi connectivity index (χ1v) is 9.41. The molecule has 1 aromatic carbocycles. The van der Waals surface area contributed by atoms with Gasteiger partial charge >= 0.3 is 6.09 Å². The van der Waals surface area contributed by atoms with Crippen LogP contribution in [0.2, 0.25) is 0 Å². The van der Waals surface area contributed by atoms with Crippen molar-refractivity contribution in [3.05, 3.63) is 42.0 Å². The van der Waals surface area contributed by atoms with Crippen molar-refractivity contribution in [3.63, 3.8) is 0 Å². The summed E-state index contributed by atoms with van der Waals surface area (Å²) >= 11 is 0. The Morgan fingerprint density at radius 1 is 1.21 bits per heavy atom. The van der Waals surface area contributed by atoms with Crippen LogP contribution < -0.4 is 0 Å². The standard InChI is InChI=1S/C20H27N5O3/c1-14-7-6-8-16(11-14)25-13-21-17(22-25)18(26)23-9-10-24(15(2)12-23)19(27)28-20(3,4)5/h6-8,11,13,15H,9-10,12H2,1-5H3. The number of benzene rings is 1. The van der Waals surface area contributed by atoms with Gasteiger partial charge in [-0.3, -0.25) is 4.79 Å². The first kappa shape index (κ1) is 19.9. The van der Waals surface area contributed by atoms with Gasteiger partial charge in [-0.2, -0.15) is 0 Å². The molecule has 150 valence electrons. The van der Waals surface area contributed by atoms with Gasteiger partial charge in [-0.1, -0.05) is 12.1 Å². The first-order valence-electron chi connectivity index (χ1n) is 9.41. The number of piperazine rings is 1. The Hall–Kier alpha value is -2.90. The van der Waals surface area contributed by atoms with Gasteiger partial charge in [0, 0.05) is 25.7 Å². The Balaban J connectivity index is 1.66. The van der Waals surface area contributed by atoms with E-state index in [1.54, 1.807) is 20.8 Å². The summed E-state index contributed by atoms with van der Waals surface area (Å²) in [6.45, 7) is 10.7. The fraction of sp³-hybridized carbons (Fsp3) is 0.500. The van der Waals surface area contributed by atoms with Gasteiger partial charge in [0.25, 0.3) is 5.91 Å². The van der Waals surface area contributed by atoms with Crippen LogP contribution in [0.3, 0.4) is 0 Å². The average Bonchev–Trinajstić information content (AvgIpc) is 3.09. The average molecular weight is 385 g/mol. The molecular weight excluding hydrogens is 358 g/mol. The summed E-state index contributed by atoms with van der Waals surface area (Å²) in [4.78, 5) is 32.7. The van der Waals surface area contributed by atoms with Gasteiger partial charge in [-0.25, -0.2) is 14.5 Å². The fourth-order valence-electron chi connectivity index (χ4n) is 3.13. The molecule has 0 aliphatic carbocycles. The van der Waals surface area contributed by atoms with E-state index in [1.165, 1.54) is 0 Å². The zero-order chi connectivity index (χ0) is 20.5. The van der Waals surface area contributed by atoms with Crippen molar-refractivity contribution in [1.29, 1.82) is 0 Å². The van der Waals surface area contributed by atoms with E-state index in [0.717, 1.165) is 11.3 Å². The van der Waals surface area contributed by atoms with Gasteiger partial charge in [-0.15, -0.1) is 5.10 Å². The molecule has 8 heteroatoms. The van der Waals surface area contributed by atoms with Crippen molar-refractivity contribution in [3.8, 4) is 5.69 Å². The normalized spacial score (nSPS) is 17.5. The molecule has 0 radical (unpaired) electrons. The number of ether oxygens (including phenoxy) is 1. The molecule has 1 aliphatic rings. The van der Waals surface area contributed by atoms with Crippen LogP contribution in [0.15, 0.2) is 30.6 Å². The molecule has 1 fully saturated rings. The zero-order valence-electron chi connectivity index (χ0n) is 17.0. The van der Waals surface area contributed by atoms with E-state index in [4.69, 9.17) is 4.74 Å². The van der Waals surface area contributed by atoms with Crippen molar-refractivity contribution in [2.75, 3.05) is 19.6 Å². The van der Waals surface area contributed by atoms with E-state index in [1.807, 2.05) is 58.9 Å². The third-order valence-corrected chi connectivity index (χ3v) is 4.49. The van der Waals surface area contributed by atoms with Gasteiger partial charge in [0.05, 0.1) is 5.69 Å². The molecule has 1 unspecified atom stereocenters. The molecule has 0 bridgehead atoms. The maximum atomic E-state index is 12.8. The minimum atomic E-state index is -0.545. The molecule has 2 heterocycles. The van der Waals surface area contributed by atoms with Crippen molar-refractivity contribution < 1.29 is 14.3 Å². The minimum absolute atomic E-state index is 0.147. The number of carbonyl (C=O) groups excluding carboxylic acids is 2. The fourth-order valence-corrected chi connectivity index (χ4v) is 3.13. The maximum Gasteiger partial charge on any atom is 0.410 e. The summed E-state index contributed by atoms with van der Waals surface area (Å²) in [6.07, 6.45) is 1.19. The van der Waals surface area contributed by atoms with E-state index in [9.17, 15) is 9.59 Å². The topological polar surface area (TPSA) is 80.6 Å². The largest absolute Gasteiger partial charge is 0.444 e. The second-order valence-corrected chi connectivity index (χ2v) is 8.13. The number of aromatic nitrogens is 3. The lowest BCUT2D eigenvalue weighted by Gasteiger charge is -2.39. The smallest absolute Gasteiger partial charge is 0.410 e. The first-order chi connectivity index (χ1) is 13.1. The SMILES string of the molecule is Cc1cccc(-n2cnc(C(=O)N3CCN(C(=O)OC(C)(C)C)C(C)C3)n2)c1. The number of rotatable bonds is 2. The third kappa shape index (κ3) is 4.49. The minimum Gasteiger partial charge on any atom is -0.444 e. The van der Waals surface area contributed by atoms with Crippen LogP contribution in [0.5, 0.6) is 0 Å². The zero-order valence-corrected chi connectivity index (χ0v) is 17.0. The number of hydrogen-bond acceptors (Lipinski definition) is 5. The molecule has 28 heavy (non-hydrogen) atoms.